The van der Waals surface area contributed by atoms with E-state index in [-0.39, 0.29) is 23.4 Å². The number of aliphatic hydroxyl groups excluding tert-OH is 1. The van der Waals surface area contributed by atoms with E-state index in [1.807, 2.05) is 31.4 Å². The molecule has 6 heteroatoms. The van der Waals surface area contributed by atoms with Gasteiger partial charge in [0.2, 0.25) is 0 Å². The zero-order valence-electron chi connectivity index (χ0n) is 14.0. The number of hydrogen-bond donors (Lipinski definition) is 1. The van der Waals surface area contributed by atoms with Crippen molar-refractivity contribution in [3.63, 3.8) is 0 Å². The van der Waals surface area contributed by atoms with E-state index in [2.05, 4.69) is 0 Å². The fourth-order valence-corrected chi connectivity index (χ4v) is 4.20. The SMILES string of the molecule is CC(C)CC(=O)C1=C(O)C(=O)N(CC2CCCO2)C1c1cccs1. The first-order valence-electron chi connectivity index (χ1n) is 8.41. The third-order valence-electron chi connectivity index (χ3n) is 4.43. The van der Waals surface area contributed by atoms with Crippen molar-refractivity contribution in [2.75, 3.05) is 13.2 Å². The molecule has 3 heterocycles. The molecule has 24 heavy (non-hydrogen) atoms. The maximum atomic E-state index is 12.7. The van der Waals surface area contributed by atoms with Gasteiger partial charge in [-0.3, -0.25) is 9.59 Å². The number of ketones is 1. The predicted molar refractivity (Wildman–Crippen MR) is 91.9 cm³/mol. The molecular formula is C18H23NO4S. The zero-order valence-corrected chi connectivity index (χ0v) is 14.8. The van der Waals surface area contributed by atoms with E-state index in [1.54, 1.807) is 4.90 Å². The predicted octanol–water partition coefficient (Wildman–Crippen LogP) is 3.24. The maximum absolute atomic E-state index is 12.7. The summed E-state index contributed by atoms with van der Waals surface area (Å²) in [6.45, 7) is 5.02. The Bertz CT molecular complexity index is 644. The summed E-state index contributed by atoms with van der Waals surface area (Å²) < 4.78 is 5.65. The van der Waals surface area contributed by atoms with E-state index < -0.39 is 17.7 Å². The molecule has 0 radical (unpaired) electrons. The van der Waals surface area contributed by atoms with Gasteiger partial charge in [-0.25, -0.2) is 0 Å². The van der Waals surface area contributed by atoms with Crippen LogP contribution in [-0.4, -0.2) is 41.0 Å². The largest absolute Gasteiger partial charge is 0.503 e. The first-order chi connectivity index (χ1) is 11.5. The van der Waals surface area contributed by atoms with Crippen LogP contribution in [0.4, 0.5) is 0 Å². The highest BCUT2D eigenvalue weighted by molar-refractivity contribution is 7.10. The molecule has 1 amide bonds. The second-order valence-electron chi connectivity index (χ2n) is 6.79. The molecule has 2 aliphatic heterocycles. The Hall–Kier alpha value is -1.66. The average molecular weight is 349 g/mol. The number of rotatable bonds is 6. The van der Waals surface area contributed by atoms with Crippen LogP contribution in [-0.2, 0) is 14.3 Å². The Kier molecular flexibility index (Phi) is 5.06. The number of thiophene rings is 1. The van der Waals surface area contributed by atoms with Gasteiger partial charge in [-0.15, -0.1) is 11.3 Å². The summed E-state index contributed by atoms with van der Waals surface area (Å²) in [5.74, 6) is -0.832. The lowest BCUT2D eigenvalue weighted by Gasteiger charge is -2.28. The zero-order chi connectivity index (χ0) is 17.3. The molecule has 0 bridgehead atoms. The molecular weight excluding hydrogens is 326 g/mol. The average Bonchev–Trinajstić information content (AvgIpc) is 3.24. The molecule has 1 N–H and O–H groups in total. The number of hydrogen-bond acceptors (Lipinski definition) is 5. The Morgan fingerprint density at radius 3 is 2.88 bits per heavy atom. The summed E-state index contributed by atoms with van der Waals surface area (Å²) in [5, 5.41) is 12.3. The van der Waals surface area contributed by atoms with Crippen molar-refractivity contribution in [1.82, 2.24) is 4.90 Å². The van der Waals surface area contributed by atoms with Gasteiger partial charge in [0.15, 0.2) is 11.5 Å². The highest BCUT2D eigenvalue weighted by atomic mass is 32.1. The lowest BCUT2D eigenvalue weighted by Crippen LogP contribution is -2.37. The minimum Gasteiger partial charge on any atom is -0.503 e. The smallest absolute Gasteiger partial charge is 0.290 e. The van der Waals surface area contributed by atoms with Gasteiger partial charge in [-0.1, -0.05) is 19.9 Å². The molecule has 1 fully saturated rings. The molecule has 2 aliphatic rings. The first-order valence-corrected chi connectivity index (χ1v) is 9.29. The lowest BCUT2D eigenvalue weighted by molar-refractivity contribution is -0.130. The van der Waals surface area contributed by atoms with Gasteiger partial charge in [0.05, 0.1) is 17.7 Å². The molecule has 3 rings (SSSR count). The van der Waals surface area contributed by atoms with E-state index in [9.17, 15) is 14.7 Å². The molecule has 1 aromatic heterocycles. The number of amides is 1. The summed E-state index contributed by atoms with van der Waals surface area (Å²) in [7, 11) is 0. The van der Waals surface area contributed by atoms with Crippen molar-refractivity contribution in [3.05, 3.63) is 33.7 Å². The van der Waals surface area contributed by atoms with E-state index >= 15 is 0 Å². The third-order valence-corrected chi connectivity index (χ3v) is 5.36. The second-order valence-corrected chi connectivity index (χ2v) is 7.77. The normalized spacial score (nSPS) is 24.5. The van der Waals surface area contributed by atoms with Gasteiger partial charge in [0.25, 0.3) is 5.91 Å². The minimum atomic E-state index is -0.493. The lowest BCUT2D eigenvalue weighted by atomic mass is 9.95. The van der Waals surface area contributed by atoms with Crippen molar-refractivity contribution >= 4 is 23.0 Å². The van der Waals surface area contributed by atoms with Gasteiger partial charge in [0, 0.05) is 24.4 Å². The summed E-state index contributed by atoms with van der Waals surface area (Å²) in [4.78, 5) is 27.8. The van der Waals surface area contributed by atoms with Gasteiger partial charge in [-0.05, 0) is 30.2 Å². The first kappa shape index (κ1) is 17.2. The highest BCUT2D eigenvalue weighted by Crippen LogP contribution is 2.41. The number of aliphatic hydroxyl groups is 1. The topological polar surface area (TPSA) is 66.8 Å². The van der Waals surface area contributed by atoms with Crippen molar-refractivity contribution in [2.24, 2.45) is 5.92 Å². The number of carbonyl (C=O) groups is 2. The Balaban J connectivity index is 1.93. The van der Waals surface area contributed by atoms with Gasteiger partial charge in [-0.2, -0.15) is 0 Å². The Morgan fingerprint density at radius 1 is 1.50 bits per heavy atom. The third kappa shape index (κ3) is 3.26. The monoisotopic (exact) mass is 349 g/mol. The Labute approximate surface area is 145 Å². The molecule has 0 saturated carbocycles. The molecule has 0 aliphatic carbocycles. The van der Waals surface area contributed by atoms with Crippen LogP contribution >= 0.6 is 11.3 Å². The molecule has 2 atom stereocenters. The molecule has 2 unspecified atom stereocenters. The van der Waals surface area contributed by atoms with Crippen LogP contribution in [0, 0.1) is 5.92 Å². The second kappa shape index (κ2) is 7.07. The quantitative estimate of drug-likeness (QED) is 0.856. The van der Waals surface area contributed by atoms with Gasteiger partial charge < -0.3 is 14.7 Å². The molecule has 1 saturated heterocycles. The molecule has 5 nitrogen and oxygen atoms in total. The van der Waals surface area contributed by atoms with Crippen LogP contribution in [0.25, 0.3) is 0 Å². The fraction of sp³-hybridized carbons (Fsp3) is 0.556. The van der Waals surface area contributed by atoms with E-state index in [0.29, 0.717) is 19.6 Å². The van der Waals surface area contributed by atoms with Crippen LogP contribution in [0.15, 0.2) is 28.8 Å². The fourth-order valence-electron chi connectivity index (χ4n) is 3.36. The van der Waals surface area contributed by atoms with Crippen LogP contribution < -0.4 is 0 Å². The summed E-state index contributed by atoms with van der Waals surface area (Å²) in [5.41, 5.74) is 0.245. The van der Waals surface area contributed by atoms with E-state index in [0.717, 1.165) is 17.7 Å². The summed E-state index contributed by atoms with van der Waals surface area (Å²) in [6, 6.07) is 3.31. The van der Waals surface area contributed by atoms with E-state index in [1.165, 1.54) is 11.3 Å². The van der Waals surface area contributed by atoms with Crippen molar-refractivity contribution in [1.29, 1.82) is 0 Å². The van der Waals surface area contributed by atoms with E-state index in [4.69, 9.17) is 4.74 Å². The number of Topliss-reactive ketones (excluding diaryl/α,β-unsaturated/α-hetero) is 1. The molecule has 1 aromatic rings. The minimum absolute atomic E-state index is 0.0243. The molecule has 0 aromatic carbocycles. The van der Waals surface area contributed by atoms with Gasteiger partial charge in [0.1, 0.15) is 0 Å². The molecule has 130 valence electrons. The standard InChI is InChI=1S/C18H23NO4S/c1-11(2)9-13(20)15-16(14-6-4-8-24-14)19(18(22)17(15)21)10-12-5-3-7-23-12/h4,6,8,11-12,16,21H,3,5,7,9-10H2,1-2H3. The summed E-state index contributed by atoms with van der Waals surface area (Å²) >= 11 is 1.49. The van der Waals surface area contributed by atoms with Crippen LogP contribution in [0.5, 0.6) is 0 Å². The summed E-state index contributed by atoms with van der Waals surface area (Å²) in [6.07, 6.45) is 2.18. The maximum Gasteiger partial charge on any atom is 0.290 e. The van der Waals surface area contributed by atoms with Crippen LogP contribution in [0.3, 0.4) is 0 Å². The van der Waals surface area contributed by atoms with Crippen LogP contribution in [0.1, 0.15) is 44.0 Å². The number of carbonyl (C=O) groups excluding carboxylic acids is 2. The Morgan fingerprint density at radius 2 is 2.29 bits per heavy atom. The number of nitrogens with zero attached hydrogens (tertiary/aromatic N) is 1. The number of ether oxygens (including phenoxy) is 1. The van der Waals surface area contributed by atoms with Crippen molar-refractivity contribution < 1.29 is 19.4 Å². The highest BCUT2D eigenvalue weighted by Gasteiger charge is 2.44. The van der Waals surface area contributed by atoms with Crippen molar-refractivity contribution in [2.45, 2.75) is 45.3 Å². The van der Waals surface area contributed by atoms with Gasteiger partial charge >= 0.3 is 0 Å². The van der Waals surface area contributed by atoms with Crippen molar-refractivity contribution in [3.8, 4) is 0 Å². The molecule has 0 spiro atoms. The van der Waals surface area contributed by atoms with Crippen LogP contribution in [0.2, 0.25) is 0 Å².